The van der Waals surface area contributed by atoms with Crippen molar-refractivity contribution in [2.24, 2.45) is 0 Å². The topological polar surface area (TPSA) is 46.2 Å². The second-order valence-corrected chi connectivity index (χ2v) is 6.79. The molecule has 0 atom stereocenters. The number of rotatable bonds is 5. The molecule has 0 aromatic carbocycles. The van der Waals surface area contributed by atoms with E-state index < -0.39 is 10.0 Å². The lowest BCUT2D eigenvalue weighted by molar-refractivity contribution is 0.583. The molecule has 1 rings (SSSR count). The zero-order valence-corrected chi connectivity index (χ0v) is 11.0. The molecule has 0 unspecified atom stereocenters. The van der Waals surface area contributed by atoms with Crippen LogP contribution < -0.4 is 4.72 Å². The average molecular weight is 298 g/mol. The van der Waals surface area contributed by atoms with Crippen molar-refractivity contribution >= 4 is 37.3 Å². The molecule has 0 aliphatic rings. The van der Waals surface area contributed by atoms with Crippen LogP contribution in [0.3, 0.4) is 0 Å². The van der Waals surface area contributed by atoms with Crippen molar-refractivity contribution in [1.29, 1.82) is 0 Å². The number of hydrogen-bond donors (Lipinski definition) is 1. The normalized spacial score (nSPS) is 11.9. The van der Waals surface area contributed by atoms with Crippen molar-refractivity contribution in [3.63, 3.8) is 0 Å². The Kier molecular flexibility index (Phi) is 4.56. The lowest BCUT2D eigenvalue weighted by Crippen LogP contribution is -2.27. The molecule has 0 saturated carbocycles. The van der Waals surface area contributed by atoms with Crippen LogP contribution in [0.2, 0.25) is 0 Å². The molecule has 0 amide bonds. The summed E-state index contributed by atoms with van der Waals surface area (Å²) in [4.78, 5) is 1.18. The van der Waals surface area contributed by atoms with Gasteiger partial charge < -0.3 is 0 Å². The van der Waals surface area contributed by atoms with Crippen LogP contribution in [0.4, 0.5) is 0 Å². The zero-order valence-electron chi connectivity index (χ0n) is 7.79. The molecule has 0 spiro atoms. The first-order valence-electron chi connectivity index (χ1n) is 4.24. The van der Waals surface area contributed by atoms with E-state index in [-0.39, 0.29) is 5.75 Å². The maximum absolute atomic E-state index is 11.1. The number of nitrogens with one attached hydrogen (secondary N) is 1. The third kappa shape index (κ3) is 4.08. The Morgan fingerprint density at radius 2 is 2.29 bits per heavy atom. The molecule has 14 heavy (non-hydrogen) atoms. The summed E-state index contributed by atoms with van der Waals surface area (Å²) in [6.45, 7) is 2.10. The van der Waals surface area contributed by atoms with Gasteiger partial charge in [0.2, 0.25) is 10.0 Å². The van der Waals surface area contributed by atoms with E-state index in [0.717, 1.165) is 10.9 Å². The average Bonchev–Trinajstić information content (AvgIpc) is 2.51. The number of sulfonamides is 1. The van der Waals surface area contributed by atoms with Crippen molar-refractivity contribution < 1.29 is 8.42 Å². The maximum atomic E-state index is 11.1. The monoisotopic (exact) mass is 297 g/mol. The van der Waals surface area contributed by atoms with Gasteiger partial charge in [-0.3, -0.25) is 0 Å². The molecule has 3 nitrogen and oxygen atoms in total. The molecule has 80 valence electrons. The summed E-state index contributed by atoms with van der Waals surface area (Å²) in [6.07, 6.45) is 0.746. The van der Waals surface area contributed by atoms with Crippen LogP contribution >= 0.6 is 27.3 Å². The van der Waals surface area contributed by atoms with Crippen LogP contribution in [0, 0.1) is 0 Å². The van der Waals surface area contributed by atoms with Crippen LogP contribution in [0.25, 0.3) is 0 Å². The Hall–Kier alpha value is 0.0900. The highest BCUT2D eigenvalue weighted by atomic mass is 79.9. The van der Waals surface area contributed by atoms with Gasteiger partial charge in [0.1, 0.15) is 0 Å². The molecule has 0 saturated heterocycles. The first kappa shape index (κ1) is 12.2. The van der Waals surface area contributed by atoms with Crippen molar-refractivity contribution in [3.8, 4) is 0 Å². The molecule has 0 radical (unpaired) electrons. The summed E-state index contributed by atoms with van der Waals surface area (Å²) in [5, 5.41) is 1.99. The van der Waals surface area contributed by atoms with E-state index in [9.17, 15) is 8.42 Å². The Bertz CT molecular complexity index is 386. The molecule has 0 fully saturated rings. The van der Waals surface area contributed by atoms with Crippen molar-refractivity contribution in [3.05, 3.63) is 20.8 Å². The lowest BCUT2D eigenvalue weighted by Gasteiger charge is -2.02. The van der Waals surface area contributed by atoms with Gasteiger partial charge in [0.15, 0.2) is 0 Å². The summed E-state index contributed by atoms with van der Waals surface area (Å²) >= 11 is 4.97. The minimum absolute atomic E-state index is 0.140. The molecule has 0 aliphatic heterocycles. The van der Waals surface area contributed by atoms with E-state index in [1.165, 1.54) is 4.88 Å². The van der Waals surface area contributed by atoms with E-state index in [4.69, 9.17) is 0 Å². The second kappa shape index (κ2) is 5.25. The number of thiophene rings is 1. The van der Waals surface area contributed by atoms with Crippen LogP contribution in [-0.2, 0) is 16.4 Å². The first-order chi connectivity index (χ1) is 6.53. The Balaban J connectivity index is 2.36. The third-order valence-corrected chi connectivity index (χ3v) is 4.86. The fourth-order valence-electron chi connectivity index (χ4n) is 0.917. The third-order valence-electron chi connectivity index (χ3n) is 1.70. The standard InChI is InChI=1S/C8H12BrNO2S2/c1-2-14(11,12)10-4-3-8-5-7(9)6-13-8/h5-6,10H,2-4H2,1H3. The van der Waals surface area contributed by atoms with E-state index in [2.05, 4.69) is 20.7 Å². The molecular formula is C8H12BrNO2S2. The summed E-state index contributed by atoms with van der Waals surface area (Å²) in [5.41, 5.74) is 0. The largest absolute Gasteiger partial charge is 0.215 e. The highest BCUT2D eigenvalue weighted by Gasteiger charge is 2.05. The van der Waals surface area contributed by atoms with Gasteiger partial charge in [0.25, 0.3) is 0 Å². The minimum Gasteiger partial charge on any atom is -0.215 e. The molecule has 1 heterocycles. The van der Waals surface area contributed by atoms with Gasteiger partial charge in [0, 0.05) is 21.3 Å². The van der Waals surface area contributed by atoms with Crippen LogP contribution in [0.15, 0.2) is 15.9 Å². The Morgan fingerprint density at radius 1 is 1.57 bits per heavy atom. The van der Waals surface area contributed by atoms with E-state index in [1.54, 1.807) is 18.3 Å². The Morgan fingerprint density at radius 3 is 2.79 bits per heavy atom. The molecular weight excluding hydrogens is 286 g/mol. The fraction of sp³-hybridized carbons (Fsp3) is 0.500. The van der Waals surface area contributed by atoms with Gasteiger partial charge in [-0.05, 0) is 35.3 Å². The second-order valence-electron chi connectivity index (χ2n) is 2.78. The van der Waals surface area contributed by atoms with E-state index in [1.807, 2.05) is 11.4 Å². The molecule has 1 aromatic rings. The predicted octanol–water partition coefficient (Wildman–Crippen LogP) is 1.99. The summed E-state index contributed by atoms with van der Waals surface area (Å²) in [7, 11) is -3.04. The highest BCUT2D eigenvalue weighted by molar-refractivity contribution is 9.10. The molecule has 6 heteroatoms. The van der Waals surface area contributed by atoms with Crippen LogP contribution in [0.5, 0.6) is 0 Å². The van der Waals surface area contributed by atoms with Gasteiger partial charge in [-0.15, -0.1) is 11.3 Å². The smallest absolute Gasteiger partial charge is 0.211 e. The number of halogens is 1. The molecule has 1 N–H and O–H groups in total. The predicted molar refractivity (Wildman–Crippen MR) is 63.2 cm³/mol. The van der Waals surface area contributed by atoms with E-state index >= 15 is 0 Å². The number of hydrogen-bond acceptors (Lipinski definition) is 3. The van der Waals surface area contributed by atoms with Gasteiger partial charge >= 0.3 is 0 Å². The van der Waals surface area contributed by atoms with Gasteiger partial charge in [0.05, 0.1) is 5.75 Å². The summed E-state index contributed by atoms with van der Waals surface area (Å²) < 4.78 is 25.7. The molecule has 0 bridgehead atoms. The maximum Gasteiger partial charge on any atom is 0.211 e. The fourth-order valence-corrected chi connectivity index (χ4v) is 2.99. The van der Waals surface area contributed by atoms with Crippen molar-refractivity contribution in [2.75, 3.05) is 12.3 Å². The highest BCUT2D eigenvalue weighted by Crippen LogP contribution is 2.19. The minimum atomic E-state index is -3.04. The SMILES string of the molecule is CCS(=O)(=O)NCCc1cc(Br)cs1. The quantitative estimate of drug-likeness (QED) is 0.903. The van der Waals surface area contributed by atoms with Gasteiger partial charge in [-0.2, -0.15) is 0 Å². The van der Waals surface area contributed by atoms with Gasteiger partial charge in [-0.25, -0.2) is 13.1 Å². The Labute approximate surface area is 96.7 Å². The van der Waals surface area contributed by atoms with E-state index in [0.29, 0.717) is 6.54 Å². The molecule has 1 aromatic heterocycles. The van der Waals surface area contributed by atoms with Crippen molar-refractivity contribution in [2.45, 2.75) is 13.3 Å². The van der Waals surface area contributed by atoms with Crippen LogP contribution in [0.1, 0.15) is 11.8 Å². The summed E-state index contributed by atoms with van der Waals surface area (Å²) in [5.74, 6) is 0.140. The summed E-state index contributed by atoms with van der Waals surface area (Å²) in [6, 6.07) is 2.00. The van der Waals surface area contributed by atoms with Crippen LogP contribution in [-0.4, -0.2) is 20.7 Å². The van der Waals surface area contributed by atoms with Crippen molar-refractivity contribution in [1.82, 2.24) is 4.72 Å². The lowest BCUT2D eigenvalue weighted by atomic mass is 10.3. The zero-order chi connectivity index (χ0) is 10.6. The molecule has 0 aliphatic carbocycles. The van der Waals surface area contributed by atoms with Gasteiger partial charge in [-0.1, -0.05) is 0 Å². The first-order valence-corrected chi connectivity index (χ1v) is 7.56.